The summed E-state index contributed by atoms with van der Waals surface area (Å²) in [4.78, 5) is 4.69. The van der Waals surface area contributed by atoms with Crippen LogP contribution in [0.15, 0.2) is 48.5 Å². The minimum absolute atomic E-state index is 0.332. The molecule has 108 valence electrons. The normalized spacial score (nSPS) is 11.0. The van der Waals surface area contributed by atoms with Crippen LogP contribution in [-0.2, 0) is 0 Å². The molecular weight excluding hydrogens is 262 g/mol. The number of benzene rings is 2. The van der Waals surface area contributed by atoms with Crippen LogP contribution in [0.1, 0.15) is 19.9 Å². The molecule has 0 aliphatic rings. The van der Waals surface area contributed by atoms with Gasteiger partial charge in [0.05, 0.1) is 18.1 Å². The number of nitrogens with one attached hydrogen (secondary N) is 1. The number of anilines is 2. The molecule has 4 nitrogen and oxygen atoms in total. The molecule has 3 rings (SSSR count). The maximum Gasteiger partial charge on any atom is 0.208 e. The molecule has 21 heavy (non-hydrogen) atoms. The monoisotopic (exact) mass is 281 g/mol. The second kappa shape index (κ2) is 5.48. The summed E-state index contributed by atoms with van der Waals surface area (Å²) < 4.78 is 7.39. The highest BCUT2D eigenvalue weighted by molar-refractivity contribution is 5.79. The second-order valence-electron chi connectivity index (χ2n) is 5.24. The molecule has 0 radical (unpaired) electrons. The van der Waals surface area contributed by atoms with Crippen LogP contribution in [-0.4, -0.2) is 16.7 Å². The molecule has 0 amide bonds. The maximum absolute atomic E-state index is 5.18. The van der Waals surface area contributed by atoms with Gasteiger partial charge < -0.3 is 14.6 Å². The van der Waals surface area contributed by atoms with Crippen LogP contribution in [0.3, 0.4) is 0 Å². The number of aromatic nitrogens is 2. The van der Waals surface area contributed by atoms with Gasteiger partial charge in [-0.1, -0.05) is 12.1 Å². The summed E-state index contributed by atoms with van der Waals surface area (Å²) in [5.74, 6) is 1.70. The Morgan fingerprint density at radius 1 is 1.05 bits per heavy atom. The predicted octanol–water partition coefficient (Wildman–Crippen LogP) is 4.37. The molecule has 0 unspecified atom stereocenters. The van der Waals surface area contributed by atoms with Crippen LogP contribution in [0.25, 0.3) is 11.0 Å². The Morgan fingerprint density at radius 3 is 2.43 bits per heavy atom. The molecule has 2 aromatic carbocycles. The molecule has 0 bridgehead atoms. The highest BCUT2D eigenvalue weighted by Gasteiger charge is 2.12. The number of hydrogen-bond donors (Lipinski definition) is 1. The lowest BCUT2D eigenvalue weighted by molar-refractivity contribution is 0.415. The third-order valence-electron chi connectivity index (χ3n) is 3.46. The molecule has 1 aromatic heterocycles. The van der Waals surface area contributed by atoms with Crippen molar-refractivity contribution in [2.45, 2.75) is 19.9 Å². The lowest BCUT2D eigenvalue weighted by atomic mass is 10.3. The van der Waals surface area contributed by atoms with Crippen molar-refractivity contribution in [1.82, 2.24) is 9.55 Å². The standard InChI is InChI=1S/C17H19N3O/c1-12(2)20-16-7-5-4-6-15(16)19-17(20)18-13-8-10-14(21-3)11-9-13/h4-12H,1-3H3,(H,18,19). The summed E-state index contributed by atoms with van der Waals surface area (Å²) in [6.45, 7) is 4.32. The molecule has 0 aliphatic carbocycles. The van der Waals surface area contributed by atoms with E-state index in [0.717, 1.165) is 28.4 Å². The van der Waals surface area contributed by atoms with Crippen LogP contribution >= 0.6 is 0 Å². The van der Waals surface area contributed by atoms with E-state index in [4.69, 9.17) is 9.72 Å². The molecule has 0 atom stereocenters. The van der Waals surface area contributed by atoms with E-state index >= 15 is 0 Å². The Labute approximate surface area is 124 Å². The fraction of sp³-hybridized carbons (Fsp3) is 0.235. The van der Waals surface area contributed by atoms with Crippen molar-refractivity contribution in [2.75, 3.05) is 12.4 Å². The van der Waals surface area contributed by atoms with Gasteiger partial charge in [-0.25, -0.2) is 4.98 Å². The van der Waals surface area contributed by atoms with Gasteiger partial charge in [0.1, 0.15) is 5.75 Å². The first-order valence-corrected chi connectivity index (χ1v) is 7.07. The van der Waals surface area contributed by atoms with Crippen molar-refractivity contribution < 1.29 is 4.74 Å². The fourth-order valence-electron chi connectivity index (χ4n) is 2.46. The lowest BCUT2D eigenvalue weighted by Gasteiger charge is -2.14. The fourth-order valence-corrected chi connectivity index (χ4v) is 2.46. The molecule has 4 heteroatoms. The Morgan fingerprint density at radius 2 is 1.76 bits per heavy atom. The van der Waals surface area contributed by atoms with Gasteiger partial charge in [-0.3, -0.25) is 0 Å². The van der Waals surface area contributed by atoms with E-state index in [-0.39, 0.29) is 0 Å². The smallest absolute Gasteiger partial charge is 0.208 e. The van der Waals surface area contributed by atoms with Crippen LogP contribution in [0.2, 0.25) is 0 Å². The third kappa shape index (κ3) is 2.57. The first-order valence-electron chi connectivity index (χ1n) is 7.07. The summed E-state index contributed by atoms with van der Waals surface area (Å²) >= 11 is 0. The lowest BCUT2D eigenvalue weighted by Crippen LogP contribution is -2.06. The highest BCUT2D eigenvalue weighted by Crippen LogP contribution is 2.27. The largest absolute Gasteiger partial charge is 0.497 e. The van der Waals surface area contributed by atoms with Gasteiger partial charge in [0.25, 0.3) is 0 Å². The summed E-state index contributed by atoms with van der Waals surface area (Å²) in [6.07, 6.45) is 0. The molecule has 0 fully saturated rings. The predicted molar refractivity (Wildman–Crippen MR) is 86.4 cm³/mol. The summed E-state index contributed by atoms with van der Waals surface area (Å²) in [5, 5.41) is 3.39. The molecule has 0 saturated carbocycles. The van der Waals surface area contributed by atoms with Gasteiger partial charge in [0.15, 0.2) is 0 Å². The first-order chi connectivity index (χ1) is 10.2. The quantitative estimate of drug-likeness (QED) is 0.771. The molecular formula is C17H19N3O. The zero-order chi connectivity index (χ0) is 14.8. The van der Waals surface area contributed by atoms with E-state index in [1.807, 2.05) is 42.5 Å². The van der Waals surface area contributed by atoms with Crippen molar-refractivity contribution in [2.24, 2.45) is 0 Å². The van der Waals surface area contributed by atoms with Gasteiger partial charge in [-0.2, -0.15) is 0 Å². The van der Waals surface area contributed by atoms with E-state index < -0.39 is 0 Å². The van der Waals surface area contributed by atoms with Gasteiger partial charge in [-0.05, 0) is 50.2 Å². The molecule has 0 aliphatic heterocycles. The molecule has 1 heterocycles. The number of hydrogen-bond acceptors (Lipinski definition) is 3. The third-order valence-corrected chi connectivity index (χ3v) is 3.46. The Balaban J connectivity index is 2.00. The Hall–Kier alpha value is -2.49. The number of imidazole rings is 1. The van der Waals surface area contributed by atoms with Crippen molar-refractivity contribution in [3.05, 3.63) is 48.5 Å². The average Bonchev–Trinajstić information content (AvgIpc) is 2.86. The highest BCUT2D eigenvalue weighted by atomic mass is 16.5. The number of nitrogens with zero attached hydrogens (tertiary/aromatic N) is 2. The number of ether oxygens (including phenoxy) is 1. The molecule has 0 spiro atoms. The van der Waals surface area contributed by atoms with Crippen molar-refractivity contribution in [3.8, 4) is 5.75 Å². The van der Waals surface area contributed by atoms with E-state index in [1.165, 1.54) is 0 Å². The zero-order valence-electron chi connectivity index (χ0n) is 12.5. The van der Waals surface area contributed by atoms with E-state index in [0.29, 0.717) is 6.04 Å². The van der Waals surface area contributed by atoms with Gasteiger partial charge in [0.2, 0.25) is 5.95 Å². The van der Waals surface area contributed by atoms with Crippen molar-refractivity contribution in [1.29, 1.82) is 0 Å². The topological polar surface area (TPSA) is 39.1 Å². The van der Waals surface area contributed by atoms with E-state index in [2.05, 4.69) is 29.8 Å². The minimum atomic E-state index is 0.332. The van der Waals surface area contributed by atoms with E-state index in [9.17, 15) is 0 Å². The van der Waals surface area contributed by atoms with Crippen molar-refractivity contribution in [3.63, 3.8) is 0 Å². The Bertz CT molecular complexity index is 744. The van der Waals surface area contributed by atoms with Crippen LogP contribution < -0.4 is 10.1 Å². The van der Waals surface area contributed by atoms with Gasteiger partial charge in [-0.15, -0.1) is 0 Å². The number of fused-ring (bicyclic) bond motifs is 1. The van der Waals surface area contributed by atoms with E-state index in [1.54, 1.807) is 7.11 Å². The van der Waals surface area contributed by atoms with Gasteiger partial charge >= 0.3 is 0 Å². The Kier molecular flexibility index (Phi) is 3.52. The van der Waals surface area contributed by atoms with Crippen LogP contribution in [0, 0.1) is 0 Å². The number of rotatable bonds is 4. The maximum atomic E-state index is 5.18. The summed E-state index contributed by atoms with van der Waals surface area (Å²) in [5.41, 5.74) is 3.14. The number of methoxy groups -OCH3 is 1. The summed E-state index contributed by atoms with van der Waals surface area (Å²) in [6, 6.07) is 16.4. The minimum Gasteiger partial charge on any atom is -0.497 e. The zero-order valence-corrected chi connectivity index (χ0v) is 12.5. The second-order valence-corrected chi connectivity index (χ2v) is 5.24. The average molecular weight is 281 g/mol. The first kappa shape index (κ1) is 13.5. The number of para-hydroxylation sites is 2. The summed E-state index contributed by atoms with van der Waals surface area (Å²) in [7, 11) is 1.67. The van der Waals surface area contributed by atoms with Crippen molar-refractivity contribution >= 4 is 22.7 Å². The van der Waals surface area contributed by atoms with Gasteiger partial charge in [0, 0.05) is 11.7 Å². The van der Waals surface area contributed by atoms with Crippen LogP contribution in [0.4, 0.5) is 11.6 Å². The molecule has 1 N–H and O–H groups in total. The molecule has 3 aromatic rings. The SMILES string of the molecule is COc1ccc(Nc2nc3ccccc3n2C(C)C)cc1. The molecule has 0 saturated heterocycles. The van der Waals surface area contributed by atoms with Crippen LogP contribution in [0.5, 0.6) is 5.75 Å².